The molecule has 0 bridgehead atoms. The van der Waals surface area contributed by atoms with Gasteiger partial charge in [-0.3, -0.25) is 9.59 Å². The van der Waals surface area contributed by atoms with E-state index in [-0.39, 0.29) is 24.3 Å². The van der Waals surface area contributed by atoms with Crippen molar-refractivity contribution in [3.63, 3.8) is 0 Å². The maximum absolute atomic E-state index is 12.5. The van der Waals surface area contributed by atoms with Crippen LogP contribution in [0.2, 0.25) is 0 Å². The van der Waals surface area contributed by atoms with Crippen molar-refractivity contribution < 1.29 is 19.1 Å². The van der Waals surface area contributed by atoms with Gasteiger partial charge in [-0.1, -0.05) is 24.3 Å². The number of benzene rings is 1. The second-order valence-corrected chi connectivity index (χ2v) is 5.61. The van der Waals surface area contributed by atoms with Crippen molar-refractivity contribution >= 4 is 11.8 Å². The summed E-state index contributed by atoms with van der Waals surface area (Å²) in [5.74, 6) is -0.00692. The molecular weight excluding hydrogens is 308 g/mol. The predicted molar refractivity (Wildman–Crippen MR) is 90.6 cm³/mol. The van der Waals surface area contributed by atoms with E-state index in [4.69, 9.17) is 9.47 Å². The summed E-state index contributed by atoms with van der Waals surface area (Å²) in [4.78, 5) is 26.7. The van der Waals surface area contributed by atoms with E-state index in [1.54, 1.807) is 25.2 Å². The van der Waals surface area contributed by atoms with Crippen molar-refractivity contribution in [2.45, 2.75) is 12.5 Å². The Balaban J connectivity index is 2.37. The topological polar surface area (TPSA) is 67.9 Å². The summed E-state index contributed by atoms with van der Waals surface area (Å²) < 4.78 is 10.6. The Morgan fingerprint density at radius 1 is 1.42 bits per heavy atom. The number of nitrogens with one attached hydrogen (secondary N) is 1. The second-order valence-electron chi connectivity index (χ2n) is 5.61. The van der Waals surface area contributed by atoms with Gasteiger partial charge in [0.25, 0.3) is 0 Å². The number of carbonyl (C=O) groups excluding carboxylic acids is 2. The number of ether oxygens (including phenoxy) is 2. The average Bonchev–Trinajstić information content (AvgIpc) is 2.94. The lowest BCUT2D eigenvalue weighted by molar-refractivity contribution is -0.129. The average molecular weight is 332 g/mol. The van der Waals surface area contributed by atoms with E-state index in [0.29, 0.717) is 25.4 Å². The summed E-state index contributed by atoms with van der Waals surface area (Å²) in [6, 6.07) is 7.12. The number of methoxy groups -OCH3 is 2. The van der Waals surface area contributed by atoms with E-state index in [2.05, 4.69) is 11.9 Å². The molecule has 0 saturated carbocycles. The smallest absolute Gasteiger partial charge is 0.226 e. The number of para-hydroxylation sites is 1. The molecule has 0 aromatic heterocycles. The largest absolute Gasteiger partial charge is 0.496 e. The van der Waals surface area contributed by atoms with E-state index in [1.807, 2.05) is 24.3 Å². The molecule has 2 amide bonds. The van der Waals surface area contributed by atoms with Gasteiger partial charge in [-0.05, 0) is 6.07 Å². The Bertz CT molecular complexity index is 602. The molecule has 1 saturated heterocycles. The van der Waals surface area contributed by atoms with E-state index >= 15 is 0 Å². The van der Waals surface area contributed by atoms with E-state index in [9.17, 15) is 9.59 Å². The van der Waals surface area contributed by atoms with Gasteiger partial charge in [0.2, 0.25) is 11.8 Å². The van der Waals surface area contributed by atoms with Crippen LogP contribution < -0.4 is 10.1 Å². The molecule has 1 aromatic carbocycles. The quantitative estimate of drug-likeness (QED) is 0.733. The minimum Gasteiger partial charge on any atom is -0.496 e. The maximum atomic E-state index is 12.5. The number of nitrogens with zero attached hydrogens (tertiary/aromatic N) is 1. The fourth-order valence-corrected chi connectivity index (χ4v) is 3.08. The standard InChI is InChI=1S/C18H24N2O4/c1-4-9-19-18(22)14-12-16(21)20(10-11-23-2)17(14)13-7-5-6-8-15(13)24-3/h4-8,14,17H,1,9-12H2,2-3H3,(H,19,22)/t14-,17+/m1/s1. The van der Waals surface area contributed by atoms with Crippen LogP contribution in [0.1, 0.15) is 18.0 Å². The Morgan fingerprint density at radius 2 is 2.17 bits per heavy atom. The molecule has 0 unspecified atom stereocenters. The minimum absolute atomic E-state index is 0.0540. The van der Waals surface area contributed by atoms with Gasteiger partial charge in [0.15, 0.2) is 0 Å². The first kappa shape index (κ1) is 18.0. The van der Waals surface area contributed by atoms with Crippen molar-refractivity contribution in [2.75, 3.05) is 33.9 Å². The van der Waals surface area contributed by atoms with Gasteiger partial charge in [-0.15, -0.1) is 6.58 Å². The van der Waals surface area contributed by atoms with E-state index in [1.165, 1.54) is 0 Å². The van der Waals surface area contributed by atoms with Crippen molar-refractivity contribution in [3.05, 3.63) is 42.5 Å². The first-order chi connectivity index (χ1) is 11.6. The molecule has 1 heterocycles. The van der Waals surface area contributed by atoms with Gasteiger partial charge >= 0.3 is 0 Å². The zero-order valence-corrected chi connectivity index (χ0v) is 14.2. The zero-order chi connectivity index (χ0) is 17.5. The van der Waals surface area contributed by atoms with Gasteiger partial charge < -0.3 is 19.7 Å². The number of hydrogen-bond acceptors (Lipinski definition) is 4. The normalized spacial score (nSPS) is 20.1. The monoisotopic (exact) mass is 332 g/mol. The summed E-state index contributed by atoms with van der Waals surface area (Å²) in [5.41, 5.74) is 0.834. The highest BCUT2D eigenvalue weighted by Crippen LogP contribution is 2.41. The highest BCUT2D eigenvalue weighted by Gasteiger charge is 2.45. The molecule has 0 spiro atoms. The molecule has 6 heteroatoms. The van der Waals surface area contributed by atoms with Crippen molar-refractivity contribution in [1.29, 1.82) is 0 Å². The maximum Gasteiger partial charge on any atom is 0.226 e. The molecule has 1 fully saturated rings. The third kappa shape index (κ3) is 3.76. The Labute approximate surface area is 142 Å². The van der Waals surface area contributed by atoms with Crippen molar-refractivity contribution in [1.82, 2.24) is 10.2 Å². The molecule has 6 nitrogen and oxygen atoms in total. The summed E-state index contributed by atoms with van der Waals surface area (Å²) in [5, 5.41) is 2.80. The van der Waals surface area contributed by atoms with Crippen LogP contribution in [-0.2, 0) is 14.3 Å². The third-order valence-corrected chi connectivity index (χ3v) is 4.18. The van der Waals surface area contributed by atoms with Crippen molar-refractivity contribution in [3.8, 4) is 5.75 Å². The number of amides is 2. The molecule has 0 radical (unpaired) electrons. The second kappa shape index (κ2) is 8.49. The van der Waals surface area contributed by atoms with Gasteiger partial charge in [0.05, 0.1) is 25.7 Å². The summed E-state index contributed by atoms with van der Waals surface area (Å²) in [6.07, 6.45) is 1.80. The first-order valence-electron chi connectivity index (χ1n) is 7.94. The summed E-state index contributed by atoms with van der Waals surface area (Å²) >= 11 is 0. The van der Waals surface area contributed by atoms with Gasteiger partial charge in [-0.2, -0.15) is 0 Å². The van der Waals surface area contributed by atoms with Crippen LogP contribution >= 0.6 is 0 Å². The van der Waals surface area contributed by atoms with Crippen LogP contribution in [0, 0.1) is 5.92 Å². The zero-order valence-electron chi connectivity index (χ0n) is 14.2. The minimum atomic E-state index is -0.467. The van der Waals surface area contributed by atoms with E-state index < -0.39 is 5.92 Å². The Kier molecular flexibility index (Phi) is 6.37. The molecule has 2 rings (SSSR count). The number of carbonyl (C=O) groups is 2. The SMILES string of the molecule is C=CCNC(=O)[C@@H]1CC(=O)N(CCOC)[C@H]1c1ccccc1OC. The van der Waals surface area contributed by atoms with Crippen LogP contribution in [0.4, 0.5) is 0 Å². The third-order valence-electron chi connectivity index (χ3n) is 4.18. The Hall–Kier alpha value is -2.34. The van der Waals surface area contributed by atoms with E-state index in [0.717, 1.165) is 5.56 Å². The highest BCUT2D eigenvalue weighted by molar-refractivity contribution is 5.90. The molecule has 1 aliphatic heterocycles. The lowest BCUT2D eigenvalue weighted by atomic mass is 9.92. The molecule has 0 aliphatic carbocycles. The number of likely N-dealkylation sites (tertiary alicyclic amines) is 1. The van der Waals surface area contributed by atoms with Crippen LogP contribution in [0.5, 0.6) is 5.75 Å². The number of hydrogen-bond donors (Lipinski definition) is 1. The van der Waals surface area contributed by atoms with Gasteiger partial charge in [0.1, 0.15) is 5.75 Å². The summed E-state index contributed by atoms with van der Waals surface area (Å²) in [6.45, 7) is 4.83. The highest BCUT2D eigenvalue weighted by atomic mass is 16.5. The van der Waals surface area contributed by atoms with Crippen molar-refractivity contribution in [2.24, 2.45) is 5.92 Å². The molecule has 1 aliphatic rings. The molecular formula is C18H24N2O4. The molecule has 2 atom stereocenters. The molecule has 1 N–H and O–H groups in total. The van der Waals surface area contributed by atoms with Crippen LogP contribution in [0.25, 0.3) is 0 Å². The fraction of sp³-hybridized carbons (Fsp3) is 0.444. The molecule has 130 valence electrons. The van der Waals surface area contributed by atoms with Crippen LogP contribution in [0.15, 0.2) is 36.9 Å². The molecule has 1 aromatic rings. The molecule has 24 heavy (non-hydrogen) atoms. The van der Waals surface area contributed by atoms with Gasteiger partial charge in [-0.25, -0.2) is 0 Å². The lowest BCUT2D eigenvalue weighted by Gasteiger charge is -2.29. The van der Waals surface area contributed by atoms with Crippen LogP contribution in [-0.4, -0.2) is 50.6 Å². The van der Waals surface area contributed by atoms with Gasteiger partial charge in [0, 0.05) is 32.2 Å². The summed E-state index contributed by atoms with van der Waals surface area (Å²) in [7, 11) is 3.18. The lowest BCUT2D eigenvalue weighted by Crippen LogP contribution is -2.37. The predicted octanol–water partition coefficient (Wildman–Crippen LogP) is 1.53. The fourth-order valence-electron chi connectivity index (χ4n) is 3.08. The van der Waals surface area contributed by atoms with Crippen LogP contribution in [0.3, 0.4) is 0 Å². The Morgan fingerprint density at radius 3 is 2.83 bits per heavy atom. The number of rotatable bonds is 8. The first-order valence-corrected chi connectivity index (χ1v) is 7.94.